The lowest BCUT2D eigenvalue weighted by Gasteiger charge is -2.19. The van der Waals surface area contributed by atoms with E-state index in [9.17, 15) is 9.59 Å². The fourth-order valence-corrected chi connectivity index (χ4v) is 3.06. The molecule has 1 saturated heterocycles. The minimum Gasteiger partial charge on any atom is -0.459 e. The molecule has 0 spiro atoms. The highest BCUT2D eigenvalue weighted by molar-refractivity contribution is 6.30. The first-order valence-corrected chi connectivity index (χ1v) is 9.22. The van der Waals surface area contributed by atoms with Gasteiger partial charge in [-0.15, -0.1) is 0 Å². The van der Waals surface area contributed by atoms with Crippen molar-refractivity contribution in [2.75, 3.05) is 6.61 Å². The fourth-order valence-electron chi connectivity index (χ4n) is 2.81. The Morgan fingerprint density at radius 3 is 2.04 bits per heavy atom. The minimum absolute atomic E-state index is 0.00956. The second kappa shape index (κ2) is 8.74. The van der Waals surface area contributed by atoms with E-state index in [1.54, 1.807) is 48.5 Å². The molecule has 7 heteroatoms. The number of esters is 2. The molecule has 1 fully saturated rings. The van der Waals surface area contributed by atoms with Crippen molar-refractivity contribution in [2.45, 2.75) is 31.7 Å². The molecule has 3 atom stereocenters. The van der Waals surface area contributed by atoms with Gasteiger partial charge in [-0.05, 0) is 55.5 Å². The van der Waals surface area contributed by atoms with E-state index < -0.39 is 24.1 Å². The lowest BCUT2D eigenvalue weighted by Crippen LogP contribution is -2.32. The van der Waals surface area contributed by atoms with Crippen molar-refractivity contribution in [1.82, 2.24) is 0 Å². The van der Waals surface area contributed by atoms with E-state index in [1.807, 2.05) is 6.92 Å². The van der Waals surface area contributed by atoms with Gasteiger partial charge in [0.15, 0.2) is 0 Å². The molecule has 2 aromatic rings. The first kappa shape index (κ1) is 19.7. The van der Waals surface area contributed by atoms with E-state index >= 15 is 0 Å². The molecule has 27 heavy (non-hydrogen) atoms. The molecule has 5 nitrogen and oxygen atoms in total. The molecule has 142 valence electrons. The van der Waals surface area contributed by atoms with Crippen LogP contribution in [-0.2, 0) is 14.2 Å². The van der Waals surface area contributed by atoms with Crippen molar-refractivity contribution < 1.29 is 23.8 Å². The van der Waals surface area contributed by atoms with Crippen molar-refractivity contribution >= 4 is 35.1 Å². The Labute approximate surface area is 167 Å². The van der Waals surface area contributed by atoms with Gasteiger partial charge in [0, 0.05) is 16.5 Å². The Bertz CT molecular complexity index is 804. The quantitative estimate of drug-likeness (QED) is 0.678. The summed E-state index contributed by atoms with van der Waals surface area (Å²) in [4.78, 5) is 24.4. The predicted molar refractivity (Wildman–Crippen MR) is 101 cm³/mol. The van der Waals surface area contributed by atoms with Crippen molar-refractivity contribution in [3.8, 4) is 0 Å². The van der Waals surface area contributed by atoms with Crippen LogP contribution in [0.15, 0.2) is 48.5 Å². The van der Waals surface area contributed by atoms with Crippen LogP contribution in [0.3, 0.4) is 0 Å². The molecule has 0 radical (unpaired) electrons. The van der Waals surface area contributed by atoms with Crippen LogP contribution < -0.4 is 0 Å². The molecule has 0 aliphatic carbocycles. The number of rotatable bonds is 5. The van der Waals surface area contributed by atoms with Crippen LogP contribution in [0.5, 0.6) is 0 Å². The van der Waals surface area contributed by atoms with Gasteiger partial charge in [0.2, 0.25) is 0 Å². The summed E-state index contributed by atoms with van der Waals surface area (Å²) >= 11 is 11.6. The standard InChI is InChI=1S/C20H18Cl2O5/c1-12-10-17(27-20(24)14-4-8-16(22)9-5-14)18(26-12)11-25-19(23)13-2-6-15(21)7-3-13/h2-9,12,17-18H,10-11H2,1H3/t12-,17-,18?/m1/s1. The molecule has 3 rings (SSSR count). The Morgan fingerprint density at radius 2 is 1.48 bits per heavy atom. The third kappa shape index (κ3) is 5.22. The highest BCUT2D eigenvalue weighted by Gasteiger charge is 2.37. The van der Waals surface area contributed by atoms with Crippen molar-refractivity contribution in [2.24, 2.45) is 0 Å². The van der Waals surface area contributed by atoms with E-state index in [2.05, 4.69) is 0 Å². The van der Waals surface area contributed by atoms with Gasteiger partial charge in [-0.25, -0.2) is 9.59 Å². The molecule has 1 aliphatic heterocycles. The second-order valence-electron chi connectivity index (χ2n) is 6.28. The van der Waals surface area contributed by atoms with Crippen LogP contribution in [0, 0.1) is 0 Å². The average molecular weight is 409 g/mol. The zero-order valence-corrected chi connectivity index (χ0v) is 16.1. The van der Waals surface area contributed by atoms with Crippen molar-refractivity contribution in [1.29, 1.82) is 0 Å². The van der Waals surface area contributed by atoms with E-state index in [4.69, 9.17) is 37.4 Å². The van der Waals surface area contributed by atoms with Crippen LogP contribution in [0.25, 0.3) is 0 Å². The molecule has 0 saturated carbocycles. The average Bonchev–Trinajstić information content (AvgIpc) is 3.00. The van der Waals surface area contributed by atoms with E-state index in [-0.39, 0.29) is 12.7 Å². The Hall–Kier alpha value is -2.08. The smallest absolute Gasteiger partial charge is 0.338 e. The summed E-state index contributed by atoms with van der Waals surface area (Å²) in [5.41, 5.74) is 0.788. The molecular weight excluding hydrogens is 391 g/mol. The van der Waals surface area contributed by atoms with E-state index in [1.165, 1.54) is 0 Å². The summed E-state index contributed by atoms with van der Waals surface area (Å²) in [7, 11) is 0. The number of hydrogen-bond donors (Lipinski definition) is 0. The highest BCUT2D eigenvalue weighted by atomic mass is 35.5. The number of carbonyl (C=O) groups excluding carboxylic acids is 2. The van der Waals surface area contributed by atoms with Gasteiger partial charge in [0.1, 0.15) is 18.8 Å². The largest absolute Gasteiger partial charge is 0.459 e. The van der Waals surface area contributed by atoms with Gasteiger partial charge < -0.3 is 14.2 Å². The van der Waals surface area contributed by atoms with Gasteiger partial charge in [-0.1, -0.05) is 23.2 Å². The SMILES string of the molecule is C[C@@H]1C[C@@H](OC(=O)c2ccc(Cl)cc2)C(COC(=O)c2ccc(Cl)cc2)O1. The van der Waals surface area contributed by atoms with Crippen LogP contribution in [-0.4, -0.2) is 36.9 Å². The number of hydrogen-bond acceptors (Lipinski definition) is 5. The van der Waals surface area contributed by atoms with E-state index in [0.717, 1.165) is 0 Å². The maximum Gasteiger partial charge on any atom is 0.338 e. The van der Waals surface area contributed by atoms with E-state index in [0.29, 0.717) is 27.6 Å². The number of halogens is 2. The van der Waals surface area contributed by atoms with Gasteiger partial charge in [-0.3, -0.25) is 0 Å². The molecule has 1 heterocycles. The van der Waals surface area contributed by atoms with Crippen LogP contribution in [0.1, 0.15) is 34.1 Å². The molecule has 0 bridgehead atoms. The van der Waals surface area contributed by atoms with Gasteiger partial charge in [-0.2, -0.15) is 0 Å². The zero-order valence-electron chi connectivity index (χ0n) is 14.6. The summed E-state index contributed by atoms with van der Waals surface area (Å²) in [5.74, 6) is -0.957. The summed E-state index contributed by atoms with van der Waals surface area (Å²) in [5, 5.41) is 1.07. The molecular formula is C20H18Cl2O5. The second-order valence-corrected chi connectivity index (χ2v) is 7.15. The zero-order chi connectivity index (χ0) is 19.4. The number of ether oxygens (including phenoxy) is 3. The van der Waals surface area contributed by atoms with Crippen LogP contribution in [0.4, 0.5) is 0 Å². The summed E-state index contributed by atoms with van der Waals surface area (Å²) in [6.07, 6.45) is -0.594. The highest BCUT2D eigenvalue weighted by Crippen LogP contribution is 2.25. The van der Waals surface area contributed by atoms with Gasteiger partial charge >= 0.3 is 11.9 Å². The topological polar surface area (TPSA) is 61.8 Å². The Balaban J connectivity index is 1.58. The number of benzene rings is 2. The maximum atomic E-state index is 12.3. The van der Waals surface area contributed by atoms with Crippen LogP contribution >= 0.6 is 23.2 Å². The molecule has 1 aliphatic rings. The number of carbonyl (C=O) groups is 2. The minimum atomic E-state index is -0.521. The van der Waals surface area contributed by atoms with Crippen molar-refractivity contribution in [3.63, 3.8) is 0 Å². The van der Waals surface area contributed by atoms with Crippen LogP contribution in [0.2, 0.25) is 10.0 Å². The lowest BCUT2D eigenvalue weighted by atomic mass is 10.1. The summed E-state index contributed by atoms with van der Waals surface area (Å²) in [6.45, 7) is 1.87. The van der Waals surface area contributed by atoms with Gasteiger partial charge in [0.25, 0.3) is 0 Å². The molecule has 0 aromatic heterocycles. The third-order valence-corrected chi connectivity index (χ3v) is 4.69. The maximum absolute atomic E-state index is 12.3. The molecule has 2 aromatic carbocycles. The molecule has 1 unspecified atom stereocenters. The summed E-state index contributed by atoms with van der Waals surface area (Å²) < 4.78 is 16.6. The summed E-state index contributed by atoms with van der Waals surface area (Å²) in [6, 6.07) is 12.8. The normalized spacial score (nSPS) is 21.7. The van der Waals surface area contributed by atoms with Crippen molar-refractivity contribution in [3.05, 3.63) is 69.7 Å². The third-order valence-electron chi connectivity index (χ3n) is 4.18. The Morgan fingerprint density at radius 1 is 0.963 bits per heavy atom. The lowest BCUT2D eigenvalue weighted by molar-refractivity contribution is -0.0394. The molecule has 0 N–H and O–H groups in total. The predicted octanol–water partition coefficient (Wildman–Crippen LogP) is 4.55. The molecule has 0 amide bonds. The Kier molecular flexibility index (Phi) is 6.37. The monoisotopic (exact) mass is 408 g/mol. The first-order valence-electron chi connectivity index (χ1n) is 8.47. The first-order chi connectivity index (χ1) is 12.9. The van der Waals surface area contributed by atoms with Gasteiger partial charge in [0.05, 0.1) is 17.2 Å². The fraction of sp³-hybridized carbons (Fsp3) is 0.300.